The Hall–Kier alpha value is -0.530. The third-order valence-electron chi connectivity index (χ3n) is 2.18. The molecular weight excluding hydrogens is 152 g/mol. The van der Waals surface area contributed by atoms with Crippen LogP contribution in [0.4, 0.5) is 0 Å². The van der Waals surface area contributed by atoms with Crippen LogP contribution >= 0.6 is 0 Å². The van der Waals surface area contributed by atoms with Gasteiger partial charge in [-0.1, -0.05) is 27.2 Å². The highest BCUT2D eigenvalue weighted by molar-refractivity contribution is 5.74. The van der Waals surface area contributed by atoms with Crippen molar-refractivity contribution in [3.63, 3.8) is 0 Å². The van der Waals surface area contributed by atoms with Crippen molar-refractivity contribution in [2.75, 3.05) is 0 Å². The molecule has 0 rings (SSSR count). The minimum atomic E-state index is -0.655. The van der Waals surface area contributed by atoms with Gasteiger partial charge in [-0.2, -0.15) is 0 Å². The minimum Gasteiger partial charge on any atom is -0.481 e. The molecule has 0 aliphatic heterocycles. The lowest BCUT2D eigenvalue weighted by Gasteiger charge is -2.25. The summed E-state index contributed by atoms with van der Waals surface area (Å²) in [7, 11) is 0. The molecule has 2 nitrogen and oxygen atoms in total. The molecule has 0 bridgehead atoms. The van der Waals surface area contributed by atoms with Gasteiger partial charge in [0.2, 0.25) is 0 Å². The van der Waals surface area contributed by atoms with Crippen LogP contribution in [0.3, 0.4) is 0 Å². The monoisotopic (exact) mass is 172 g/mol. The zero-order chi connectivity index (χ0) is 9.78. The zero-order valence-corrected chi connectivity index (χ0v) is 8.55. The molecule has 12 heavy (non-hydrogen) atoms. The number of carboxylic acid groups (broad SMARTS) is 1. The average molecular weight is 172 g/mol. The van der Waals surface area contributed by atoms with Gasteiger partial charge in [0.15, 0.2) is 0 Å². The van der Waals surface area contributed by atoms with Gasteiger partial charge in [0, 0.05) is 0 Å². The molecule has 0 saturated heterocycles. The molecule has 0 fully saturated rings. The maximum Gasteiger partial charge on any atom is 0.309 e. The van der Waals surface area contributed by atoms with Crippen LogP contribution in [0, 0.1) is 11.3 Å². The summed E-state index contributed by atoms with van der Waals surface area (Å²) in [4.78, 5) is 10.9. The van der Waals surface area contributed by atoms with E-state index < -0.39 is 11.4 Å². The first kappa shape index (κ1) is 11.5. The van der Waals surface area contributed by atoms with Gasteiger partial charge in [-0.25, -0.2) is 0 Å². The lowest BCUT2D eigenvalue weighted by molar-refractivity contribution is -0.149. The first-order valence-corrected chi connectivity index (χ1v) is 4.65. The Bertz CT molecular complexity index is 152. The van der Waals surface area contributed by atoms with Crippen molar-refractivity contribution >= 4 is 5.97 Å². The van der Waals surface area contributed by atoms with Gasteiger partial charge in [-0.3, -0.25) is 4.79 Å². The summed E-state index contributed by atoms with van der Waals surface area (Å²) in [6, 6.07) is 0. The number of hydrogen-bond acceptors (Lipinski definition) is 1. The molecule has 0 heterocycles. The Morgan fingerprint density at radius 1 is 1.50 bits per heavy atom. The molecule has 0 aliphatic rings. The summed E-state index contributed by atoms with van der Waals surface area (Å²) in [6.45, 7) is 8.01. The molecular formula is C10H20O2. The molecule has 0 spiro atoms. The highest BCUT2D eigenvalue weighted by atomic mass is 16.4. The Morgan fingerprint density at radius 3 is 2.25 bits per heavy atom. The fraction of sp³-hybridized carbons (Fsp3) is 0.900. The molecule has 0 aromatic carbocycles. The number of carboxylic acids is 1. The van der Waals surface area contributed by atoms with Crippen LogP contribution in [-0.2, 0) is 4.79 Å². The van der Waals surface area contributed by atoms with E-state index >= 15 is 0 Å². The summed E-state index contributed by atoms with van der Waals surface area (Å²) < 4.78 is 0. The van der Waals surface area contributed by atoms with E-state index in [1.165, 1.54) is 0 Å². The molecule has 1 N–H and O–H groups in total. The van der Waals surface area contributed by atoms with Crippen LogP contribution in [0.2, 0.25) is 0 Å². The zero-order valence-electron chi connectivity index (χ0n) is 8.55. The standard InChI is InChI=1S/C10H20O2/c1-5-6-10(4,9(11)12)7-8(2)3/h8H,5-7H2,1-4H3,(H,11,12). The summed E-state index contributed by atoms with van der Waals surface area (Å²) in [5.41, 5.74) is -0.511. The van der Waals surface area contributed by atoms with Gasteiger partial charge in [0.25, 0.3) is 0 Å². The van der Waals surface area contributed by atoms with E-state index in [4.69, 9.17) is 5.11 Å². The topological polar surface area (TPSA) is 37.3 Å². The smallest absolute Gasteiger partial charge is 0.309 e. The molecule has 1 atom stereocenters. The van der Waals surface area contributed by atoms with Gasteiger partial charge in [-0.05, 0) is 25.7 Å². The molecule has 0 radical (unpaired) electrons. The Morgan fingerprint density at radius 2 is 2.00 bits per heavy atom. The predicted molar refractivity (Wildman–Crippen MR) is 50.1 cm³/mol. The predicted octanol–water partition coefficient (Wildman–Crippen LogP) is 2.92. The van der Waals surface area contributed by atoms with Gasteiger partial charge in [0.05, 0.1) is 5.41 Å². The van der Waals surface area contributed by atoms with Crippen molar-refractivity contribution in [3.05, 3.63) is 0 Å². The molecule has 2 heteroatoms. The first-order valence-electron chi connectivity index (χ1n) is 4.65. The first-order chi connectivity index (χ1) is 5.42. The summed E-state index contributed by atoms with van der Waals surface area (Å²) in [5, 5.41) is 9.01. The fourth-order valence-corrected chi connectivity index (χ4v) is 1.75. The van der Waals surface area contributed by atoms with Crippen molar-refractivity contribution in [2.24, 2.45) is 11.3 Å². The second kappa shape index (κ2) is 4.48. The third-order valence-corrected chi connectivity index (χ3v) is 2.18. The number of hydrogen-bond donors (Lipinski definition) is 1. The molecule has 0 aromatic rings. The average Bonchev–Trinajstić information content (AvgIpc) is 1.85. The van der Waals surface area contributed by atoms with Crippen LogP contribution in [0.1, 0.15) is 47.0 Å². The van der Waals surface area contributed by atoms with E-state index in [1.54, 1.807) is 0 Å². The summed E-state index contributed by atoms with van der Waals surface area (Å²) >= 11 is 0. The van der Waals surface area contributed by atoms with Crippen molar-refractivity contribution in [1.29, 1.82) is 0 Å². The number of rotatable bonds is 5. The fourth-order valence-electron chi connectivity index (χ4n) is 1.75. The highest BCUT2D eigenvalue weighted by Crippen LogP contribution is 2.31. The maximum absolute atomic E-state index is 10.9. The normalized spacial score (nSPS) is 16.1. The lowest BCUT2D eigenvalue weighted by atomic mass is 9.78. The molecule has 0 saturated carbocycles. The van der Waals surface area contributed by atoms with Crippen molar-refractivity contribution in [3.8, 4) is 0 Å². The van der Waals surface area contributed by atoms with Crippen LogP contribution in [0.15, 0.2) is 0 Å². The van der Waals surface area contributed by atoms with Crippen LogP contribution in [-0.4, -0.2) is 11.1 Å². The van der Waals surface area contributed by atoms with Crippen molar-refractivity contribution in [1.82, 2.24) is 0 Å². The Kier molecular flexibility index (Phi) is 4.29. The van der Waals surface area contributed by atoms with Gasteiger partial charge >= 0.3 is 5.97 Å². The molecule has 72 valence electrons. The van der Waals surface area contributed by atoms with Crippen LogP contribution in [0.5, 0.6) is 0 Å². The van der Waals surface area contributed by atoms with Gasteiger partial charge < -0.3 is 5.11 Å². The van der Waals surface area contributed by atoms with E-state index in [2.05, 4.69) is 13.8 Å². The van der Waals surface area contributed by atoms with E-state index in [-0.39, 0.29) is 0 Å². The highest BCUT2D eigenvalue weighted by Gasteiger charge is 2.32. The van der Waals surface area contributed by atoms with Crippen molar-refractivity contribution < 1.29 is 9.90 Å². The Labute approximate surface area is 75.0 Å². The van der Waals surface area contributed by atoms with E-state index in [0.717, 1.165) is 19.3 Å². The lowest BCUT2D eigenvalue weighted by Crippen LogP contribution is -2.28. The molecule has 0 aromatic heterocycles. The Balaban J connectivity index is 4.28. The van der Waals surface area contributed by atoms with E-state index in [0.29, 0.717) is 5.92 Å². The van der Waals surface area contributed by atoms with Crippen LogP contribution < -0.4 is 0 Å². The van der Waals surface area contributed by atoms with Crippen LogP contribution in [0.25, 0.3) is 0 Å². The molecule has 0 aliphatic carbocycles. The number of aliphatic carboxylic acids is 1. The second-order valence-electron chi connectivity index (χ2n) is 4.21. The van der Waals surface area contributed by atoms with Crippen molar-refractivity contribution in [2.45, 2.75) is 47.0 Å². The van der Waals surface area contributed by atoms with E-state index in [9.17, 15) is 4.79 Å². The molecule has 0 amide bonds. The minimum absolute atomic E-state index is 0.456. The molecule has 1 unspecified atom stereocenters. The SMILES string of the molecule is CCCC(C)(CC(C)C)C(=O)O. The van der Waals surface area contributed by atoms with Gasteiger partial charge in [-0.15, -0.1) is 0 Å². The maximum atomic E-state index is 10.9. The summed E-state index contributed by atoms with van der Waals surface area (Å²) in [6.07, 6.45) is 2.49. The largest absolute Gasteiger partial charge is 0.481 e. The summed E-state index contributed by atoms with van der Waals surface area (Å²) in [5.74, 6) is -0.198. The third kappa shape index (κ3) is 3.24. The quantitative estimate of drug-likeness (QED) is 0.692. The second-order valence-corrected chi connectivity index (χ2v) is 4.21. The van der Waals surface area contributed by atoms with Gasteiger partial charge in [0.1, 0.15) is 0 Å². The number of carbonyl (C=O) groups is 1. The van der Waals surface area contributed by atoms with E-state index in [1.807, 2.05) is 13.8 Å².